The summed E-state index contributed by atoms with van der Waals surface area (Å²) in [6.07, 6.45) is 2.26. The van der Waals surface area contributed by atoms with Crippen molar-refractivity contribution in [3.63, 3.8) is 0 Å². The van der Waals surface area contributed by atoms with Gasteiger partial charge in [0.05, 0.1) is 14.2 Å². The first kappa shape index (κ1) is 17.0. The van der Waals surface area contributed by atoms with Gasteiger partial charge in [0.1, 0.15) is 0 Å². The normalized spacial score (nSPS) is 19.6. The predicted octanol–water partition coefficient (Wildman–Crippen LogP) is 4.00. The number of carbonyl (C=O) groups is 1. The largest absolute Gasteiger partial charge is 0.493 e. The van der Waals surface area contributed by atoms with E-state index in [0.29, 0.717) is 29.4 Å². The van der Waals surface area contributed by atoms with Crippen molar-refractivity contribution in [2.45, 2.75) is 25.2 Å². The zero-order valence-electron chi connectivity index (χ0n) is 15.8. The van der Waals surface area contributed by atoms with E-state index in [9.17, 15) is 4.79 Å². The molecule has 5 rings (SSSR count). The fraction of sp³-hybridized carbons (Fsp3) is 0.318. The maximum Gasteiger partial charge on any atom is 0.231 e. The average Bonchev–Trinajstić information content (AvgIpc) is 3.17. The molecule has 0 bridgehead atoms. The molecule has 3 aliphatic rings. The van der Waals surface area contributed by atoms with Gasteiger partial charge >= 0.3 is 0 Å². The van der Waals surface area contributed by atoms with Crippen LogP contribution in [-0.4, -0.2) is 26.8 Å². The van der Waals surface area contributed by atoms with E-state index < -0.39 is 0 Å². The number of rotatable bonds is 3. The summed E-state index contributed by atoms with van der Waals surface area (Å²) in [4.78, 5) is 13.0. The van der Waals surface area contributed by atoms with Crippen LogP contribution in [0.5, 0.6) is 23.0 Å². The number of allylic oxidation sites excluding steroid dienone is 2. The Kier molecular flexibility index (Phi) is 3.93. The molecule has 6 heteroatoms. The summed E-state index contributed by atoms with van der Waals surface area (Å²) in [5, 5.41) is 3.48. The van der Waals surface area contributed by atoms with Gasteiger partial charge in [-0.15, -0.1) is 0 Å². The first-order valence-corrected chi connectivity index (χ1v) is 9.39. The van der Waals surface area contributed by atoms with Crippen molar-refractivity contribution in [1.82, 2.24) is 0 Å². The van der Waals surface area contributed by atoms with Gasteiger partial charge in [-0.25, -0.2) is 0 Å². The van der Waals surface area contributed by atoms with E-state index in [1.165, 1.54) is 0 Å². The van der Waals surface area contributed by atoms with Gasteiger partial charge in [-0.3, -0.25) is 4.79 Å². The summed E-state index contributed by atoms with van der Waals surface area (Å²) >= 11 is 0. The molecule has 144 valence electrons. The minimum Gasteiger partial charge on any atom is -0.493 e. The quantitative estimate of drug-likeness (QED) is 0.870. The molecule has 1 atom stereocenters. The number of ether oxygens (including phenoxy) is 4. The molecule has 0 radical (unpaired) electrons. The molecule has 2 heterocycles. The number of anilines is 1. The standard InChI is InChI=1S/C22H21NO5/c1-25-17-8-3-5-12(22(17)26-2)20-13-9-18-19(28-11-27-18)10-15(13)23-14-6-4-7-16(24)21(14)20/h3,5,8-10,20,23H,4,6-7,11H2,1-2H3/t20-/m0/s1. The lowest BCUT2D eigenvalue weighted by molar-refractivity contribution is -0.116. The molecule has 1 aliphatic carbocycles. The number of hydrogen-bond acceptors (Lipinski definition) is 6. The number of ketones is 1. The molecule has 0 saturated carbocycles. The van der Waals surface area contributed by atoms with E-state index in [0.717, 1.165) is 40.9 Å². The lowest BCUT2D eigenvalue weighted by atomic mass is 9.75. The smallest absolute Gasteiger partial charge is 0.231 e. The number of carbonyl (C=O) groups excluding carboxylic acids is 1. The lowest BCUT2D eigenvalue weighted by Gasteiger charge is -2.34. The molecule has 0 spiro atoms. The Bertz CT molecular complexity index is 1010. The molecule has 2 aromatic carbocycles. The van der Waals surface area contributed by atoms with Gasteiger partial charge in [-0.2, -0.15) is 0 Å². The molecule has 0 fully saturated rings. The molecule has 0 amide bonds. The number of hydrogen-bond donors (Lipinski definition) is 1. The van der Waals surface area contributed by atoms with Crippen LogP contribution in [-0.2, 0) is 4.79 Å². The third-order valence-corrected chi connectivity index (χ3v) is 5.63. The molecule has 2 aromatic rings. The SMILES string of the molecule is COc1cccc([C@@H]2C3=C(CCCC3=O)Nc3cc4c(cc32)OCO4)c1OC. The second-order valence-electron chi connectivity index (χ2n) is 7.10. The molecule has 2 aliphatic heterocycles. The Morgan fingerprint density at radius 2 is 1.86 bits per heavy atom. The minimum absolute atomic E-state index is 0.173. The molecular formula is C22H21NO5. The highest BCUT2D eigenvalue weighted by Crippen LogP contribution is 2.52. The first-order valence-electron chi connectivity index (χ1n) is 9.39. The number of methoxy groups -OCH3 is 2. The van der Waals surface area contributed by atoms with Crippen LogP contribution < -0.4 is 24.3 Å². The van der Waals surface area contributed by atoms with Crippen LogP contribution in [0.4, 0.5) is 5.69 Å². The van der Waals surface area contributed by atoms with E-state index in [4.69, 9.17) is 18.9 Å². The summed E-state index contributed by atoms with van der Waals surface area (Å²) < 4.78 is 22.4. The highest BCUT2D eigenvalue weighted by atomic mass is 16.7. The van der Waals surface area contributed by atoms with Gasteiger partial charge in [0.2, 0.25) is 6.79 Å². The molecule has 6 nitrogen and oxygen atoms in total. The second kappa shape index (κ2) is 6.48. The maximum atomic E-state index is 13.0. The van der Waals surface area contributed by atoms with Crippen LogP contribution >= 0.6 is 0 Å². The van der Waals surface area contributed by atoms with Gasteiger partial charge < -0.3 is 24.3 Å². The van der Waals surface area contributed by atoms with Crippen LogP contribution in [0.2, 0.25) is 0 Å². The van der Waals surface area contributed by atoms with E-state index in [2.05, 4.69) is 5.32 Å². The number of Topliss-reactive ketones (excluding diaryl/α,β-unsaturated/α-hetero) is 1. The monoisotopic (exact) mass is 379 g/mol. The lowest BCUT2D eigenvalue weighted by Crippen LogP contribution is -2.27. The molecular weight excluding hydrogens is 358 g/mol. The minimum atomic E-state index is -0.251. The van der Waals surface area contributed by atoms with E-state index in [1.807, 2.05) is 30.3 Å². The van der Waals surface area contributed by atoms with Crippen molar-refractivity contribution in [3.8, 4) is 23.0 Å². The molecule has 0 unspecified atom stereocenters. The Morgan fingerprint density at radius 1 is 1.04 bits per heavy atom. The topological polar surface area (TPSA) is 66.0 Å². The van der Waals surface area contributed by atoms with Crippen LogP contribution in [0.25, 0.3) is 0 Å². The van der Waals surface area contributed by atoms with Crippen molar-refractivity contribution < 1.29 is 23.7 Å². The van der Waals surface area contributed by atoms with Gasteiger partial charge in [0, 0.05) is 40.9 Å². The Morgan fingerprint density at radius 3 is 2.64 bits per heavy atom. The third kappa shape index (κ3) is 2.44. The van der Waals surface area contributed by atoms with Crippen LogP contribution in [0, 0.1) is 0 Å². The predicted molar refractivity (Wildman–Crippen MR) is 103 cm³/mol. The Labute approximate surface area is 163 Å². The number of nitrogens with one attached hydrogen (secondary N) is 1. The van der Waals surface area contributed by atoms with Crippen LogP contribution in [0.15, 0.2) is 41.6 Å². The summed E-state index contributed by atoms with van der Waals surface area (Å²) in [5.74, 6) is 2.62. The zero-order valence-corrected chi connectivity index (χ0v) is 15.8. The van der Waals surface area contributed by atoms with Crippen LogP contribution in [0.1, 0.15) is 36.3 Å². The maximum absolute atomic E-state index is 13.0. The molecule has 1 N–H and O–H groups in total. The van der Waals surface area contributed by atoms with Crippen molar-refractivity contribution >= 4 is 11.5 Å². The summed E-state index contributed by atoms with van der Waals surface area (Å²) in [7, 11) is 3.24. The summed E-state index contributed by atoms with van der Waals surface area (Å²) in [6, 6.07) is 9.72. The fourth-order valence-electron chi connectivity index (χ4n) is 4.41. The Hall–Kier alpha value is -3.15. The van der Waals surface area contributed by atoms with Crippen molar-refractivity contribution in [2.24, 2.45) is 0 Å². The van der Waals surface area contributed by atoms with Gasteiger partial charge in [0.15, 0.2) is 28.8 Å². The van der Waals surface area contributed by atoms with Crippen molar-refractivity contribution in [2.75, 3.05) is 26.3 Å². The van der Waals surface area contributed by atoms with Gasteiger partial charge in [0.25, 0.3) is 0 Å². The number of benzene rings is 2. The van der Waals surface area contributed by atoms with Crippen molar-refractivity contribution in [1.29, 1.82) is 0 Å². The van der Waals surface area contributed by atoms with Crippen LogP contribution in [0.3, 0.4) is 0 Å². The molecule has 0 saturated heterocycles. The van der Waals surface area contributed by atoms with E-state index >= 15 is 0 Å². The third-order valence-electron chi connectivity index (χ3n) is 5.63. The molecule has 28 heavy (non-hydrogen) atoms. The number of fused-ring (bicyclic) bond motifs is 2. The second-order valence-corrected chi connectivity index (χ2v) is 7.10. The Balaban J connectivity index is 1.77. The van der Waals surface area contributed by atoms with Crippen molar-refractivity contribution in [3.05, 3.63) is 52.7 Å². The molecule has 0 aromatic heterocycles. The highest BCUT2D eigenvalue weighted by Gasteiger charge is 2.38. The fourth-order valence-corrected chi connectivity index (χ4v) is 4.41. The summed E-state index contributed by atoms with van der Waals surface area (Å²) in [6.45, 7) is 0.206. The number of para-hydroxylation sites is 1. The summed E-state index contributed by atoms with van der Waals surface area (Å²) in [5.41, 5.74) is 4.62. The highest BCUT2D eigenvalue weighted by molar-refractivity contribution is 6.01. The first-order chi connectivity index (χ1) is 13.7. The van der Waals surface area contributed by atoms with Gasteiger partial charge in [-0.1, -0.05) is 12.1 Å². The zero-order chi connectivity index (χ0) is 19.3. The van der Waals surface area contributed by atoms with Gasteiger partial charge in [-0.05, 0) is 30.5 Å². The average molecular weight is 379 g/mol. The van der Waals surface area contributed by atoms with E-state index in [1.54, 1.807) is 14.2 Å². The van der Waals surface area contributed by atoms with E-state index in [-0.39, 0.29) is 18.5 Å².